The molecule has 0 amide bonds. The Labute approximate surface area is 85.5 Å². The molecular formula is C10H20N4. The summed E-state index contributed by atoms with van der Waals surface area (Å²) in [5, 5.41) is 7.12. The summed E-state index contributed by atoms with van der Waals surface area (Å²) in [5.41, 5.74) is 8.00. The Kier molecular flexibility index (Phi) is 4.10. The topological polar surface area (TPSA) is 57.9 Å². The van der Waals surface area contributed by atoms with Crippen LogP contribution in [0, 0.1) is 0 Å². The summed E-state index contributed by atoms with van der Waals surface area (Å²) in [7, 11) is 2.07. The van der Waals surface area contributed by atoms with E-state index < -0.39 is 0 Å². The highest BCUT2D eigenvalue weighted by Crippen LogP contribution is 2.16. The molecule has 3 N–H and O–H groups in total. The summed E-state index contributed by atoms with van der Waals surface area (Å²) >= 11 is 0. The van der Waals surface area contributed by atoms with E-state index in [0.717, 1.165) is 13.1 Å². The molecule has 0 aliphatic carbocycles. The second kappa shape index (κ2) is 5.12. The molecule has 1 heterocycles. The zero-order valence-corrected chi connectivity index (χ0v) is 9.25. The lowest BCUT2D eigenvalue weighted by Gasteiger charge is -2.15. The van der Waals surface area contributed by atoms with Gasteiger partial charge in [-0.2, -0.15) is 5.10 Å². The molecule has 1 aromatic rings. The molecule has 0 bridgehead atoms. The highest BCUT2D eigenvalue weighted by Gasteiger charge is 2.10. The maximum Gasteiger partial charge on any atom is 0.0535 e. The van der Waals surface area contributed by atoms with Gasteiger partial charge in [0, 0.05) is 30.9 Å². The van der Waals surface area contributed by atoms with Crippen LogP contribution in [-0.2, 0) is 6.54 Å². The Hall–Kier alpha value is -0.870. The molecule has 0 aliphatic rings. The average Bonchev–Trinajstić information content (AvgIpc) is 2.52. The Morgan fingerprint density at radius 1 is 1.57 bits per heavy atom. The minimum absolute atomic E-state index is 0.499. The number of nitrogens with zero attached hydrogens (tertiary/aromatic N) is 2. The number of nitrogens with one attached hydrogen (secondary N) is 1. The molecule has 0 aliphatic heterocycles. The van der Waals surface area contributed by atoms with Gasteiger partial charge in [0.25, 0.3) is 0 Å². The fourth-order valence-electron chi connectivity index (χ4n) is 1.54. The number of nitrogens with two attached hydrogens (primary N) is 1. The summed E-state index contributed by atoms with van der Waals surface area (Å²) in [6.45, 7) is 6.87. The van der Waals surface area contributed by atoms with E-state index in [9.17, 15) is 0 Å². The summed E-state index contributed by atoms with van der Waals surface area (Å²) in [6.07, 6.45) is 1.91. The van der Waals surface area contributed by atoms with Crippen LogP contribution < -0.4 is 5.73 Å². The smallest absolute Gasteiger partial charge is 0.0535 e. The van der Waals surface area contributed by atoms with Gasteiger partial charge >= 0.3 is 0 Å². The van der Waals surface area contributed by atoms with Crippen molar-refractivity contribution in [2.45, 2.75) is 26.3 Å². The van der Waals surface area contributed by atoms with Gasteiger partial charge in [0.2, 0.25) is 0 Å². The molecule has 80 valence electrons. The van der Waals surface area contributed by atoms with E-state index >= 15 is 0 Å². The molecular weight excluding hydrogens is 176 g/mol. The van der Waals surface area contributed by atoms with Gasteiger partial charge in [-0.05, 0) is 13.0 Å². The van der Waals surface area contributed by atoms with Gasteiger partial charge in [-0.15, -0.1) is 0 Å². The number of likely N-dealkylation sites (N-methyl/N-ethyl adjacent to an activating group) is 1. The van der Waals surface area contributed by atoms with Gasteiger partial charge in [-0.25, -0.2) is 0 Å². The number of aromatic nitrogens is 2. The summed E-state index contributed by atoms with van der Waals surface area (Å²) in [4.78, 5) is 2.21. The second-order valence-electron chi connectivity index (χ2n) is 3.99. The van der Waals surface area contributed by atoms with Crippen LogP contribution in [0.2, 0.25) is 0 Å². The van der Waals surface area contributed by atoms with Crippen LogP contribution in [-0.4, -0.2) is 35.2 Å². The summed E-state index contributed by atoms with van der Waals surface area (Å²) in [6, 6.07) is 0. The Balaban J connectivity index is 2.61. The Bertz CT molecular complexity index is 267. The fraction of sp³-hybridized carbons (Fsp3) is 0.700. The van der Waals surface area contributed by atoms with Crippen molar-refractivity contribution >= 4 is 0 Å². The molecule has 0 saturated heterocycles. The third-order valence-corrected chi connectivity index (χ3v) is 2.28. The molecule has 1 rings (SSSR count). The highest BCUT2D eigenvalue weighted by atomic mass is 15.1. The molecule has 0 atom stereocenters. The van der Waals surface area contributed by atoms with Crippen molar-refractivity contribution in [1.29, 1.82) is 0 Å². The first-order chi connectivity index (χ1) is 6.65. The SMILES string of the molecule is CC(C)c1[nH]ncc1CN(C)CCN. The molecule has 1 aromatic heterocycles. The van der Waals surface area contributed by atoms with Crippen LogP contribution >= 0.6 is 0 Å². The normalized spacial score (nSPS) is 11.6. The number of aromatic amines is 1. The van der Waals surface area contributed by atoms with E-state index in [0.29, 0.717) is 12.5 Å². The molecule has 0 saturated carbocycles. The molecule has 0 radical (unpaired) electrons. The maximum absolute atomic E-state index is 5.49. The van der Waals surface area contributed by atoms with E-state index in [-0.39, 0.29) is 0 Å². The average molecular weight is 196 g/mol. The first-order valence-electron chi connectivity index (χ1n) is 5.06. The standard InChI is InChI=1S/C10H20N4/c1-8(2)10-9(6-12-13-10)7-14(3)5-4-11/h6,8H,4-5,7,11H2,1-3H3,(H,12,13). The predicted molar refractivity (Wildman–Crippen MR) is 58.1 cm³/mol. The van der Waals surface area contributed by atoms with Gasteiger partial charge in [-0.3, -0.25) is 5.10 Å². The van der Waals surface area contributed by atoms with E-state index in [1.165, 1.54) is 11.3 Å². The third kappa shape index (κ3) is 2.82. The van der Waals surface area contributed by atoms with Crippen molar-refractivity contribution in [2.75, 3.05) is 20.1 Å². The van der Waals surface area contributed by atoms with E-state index in [1.807, 2.05) is 6.20 Å². The van der Waals surface area contributed by atoms with Crippen LogP contribution in [0.1, 0.15) is 31.0 Å². The largest absolute Gasteiger partial charge is 0.329 e. The van der Waals surface area contributed by atoms with Gasteiger partial charge in [0.15, 0.2) is 0 Å². The molecule has 0 spiro atoms. The van der Waals surface area contributed by atoms with Crippen molar-refractivity contribution in [2.24, 2.45) is 5.73 Å². The van der Waals surface area contributed by atoms with Crippen LogP contribution in [0.25, 0.3) is 0 Å². The first-order valence-corrected chi connectivity index (χ1v) is 5.06. The summed E-state index contributed by atoms with van der Waals surface area (Å²) < 4.78 is 0. The van der Waals surface area contributed by atoms with E-state index in [4.69, 9.17) is 5.73 Å². The van der Waals surface area contributed by atoms with Crippen LogP contribution in [0.15, 0.2) is 6.20 Å². The Morgan fingerprint density at radius 3 is 2.86 bits per heavy atom. The lowest BCUT2D eigenvalue weighted by atomic mass is 10.1. The van der Waals surface area contributed by atoms with Crippen molar-refractivity contribution in [3.8, 4) is 0 Å². The fourth-order valence-corrected chi connectivity index (χ4v) is 1.54. The van der Waals surface area contributed by atoms with Crippen LogP contribution in [0.4, 0.5) is 0 Å². The monoisotopic (exact) mass is 196 g/mol. The molecule has 0 unspecified atom stereocenters. The number of hydrogen-bond donors (Lipinski definition) is 2. The van der Waals surface area contributed by atoms with Crippen LogP contribution in [0.5, 0.6) is 0 Å². The van der Waals surface area contributed by atoms with Gasteiger partial charge in [-0.1, -0.05) is 13.8 Å². The molecule has 4 nitrogen and oxygen atoms in total. The zero-order valence-electron chi connectivity index (χ0n) is 9.25. The minimum Gasteiger partial charge on any atom is -0.329 e. The van der Waals surface area contributed by atoms with Crippen LogP contribution in [0.3, 0.4) is 0 Å². The lowest BCUT2D eigenvalue weighted by molar-refractivity contribution is 0.335. The van der Waals surface area contributed by atoms with Crippen molar-refractivity contribution in [1.82, 2.24) is 15.1 Å². The zero-order chi connectivity index (χ0) is 10.6. The molecule has 0 aromatic carbocycles. The second-order valence-corrected chi connectivity index (χ2v) is 3.99. The van der Waals surface area contributed by atoms with Crippen molar-refractivity contribution in [3.05, 3.63) is 17.5 Å². The molecule has 4 heteroatoms. The van der Waals surface area contributed by atoms with Crippen molar-refractivity contribution < 1.29 is 0 Å². The lowest BCUT2D eigenvalue weighted by Crippen LogP contribution is -2.25. The first kappa shape index (κ1) is 11.2. The predicted octanol–water partition coefficient (Wildman–Crippen LogP) is 0.924. The number of rotatable bonds is 5. The van der Waals surface area contributed by atoms with E-state index in [2.05, 4.69) is 36.0 Å². The van der Waals surface area contributed by atoms with E-state index in [1.54, 1.807) is 0 Å². The van der Waals surface area contributed by atoms with Gasteiger partial charge < -0.3 is 10.6 Å². The summed E-state index contributed by atoms with van der Waals surface area (Å²) in [5.74, 6) is 0.499. The highest BCUT2D eigenvalue weighted by molar-refractivity contribution is 5.19. The van der Waals surface area contributed by atoms with Gasteiger partial charge in [0.1, 0.15) is 0 Å². The number of H-pyrrole nitrogens is 1. The third-order valence-electron chi connectivity index (χ3n) is 2.28. The maximum atomic E-state index is 5.49. The van der Waals surface area contributed by atoms with Gasteiger partial charge in [0.05, 0.1) is 6.20 Å². The minimum atomic E-state index is 0.499. The quantitative estimate of drug-likeness (QED) is 0.736. The Morgan fingerprint density at radius 2 is 2.29 bits per heavy atom. The molecule has 14 heavy (non-hydrogen) atoms. The number of hydrogen-bond acceptors (Lipinski definition) is 3. The van der Waals surface area contributed by atoms with Crippen molar-refractivity contribution in [3.63, 3.8) is 0 Å². The molecule has 0 fully saturated rings.